The van der Waals surface area contributed by atoms with Gasteiger partial charge in [-0.1, -0.05) is 49.7 Å². The number of sulfonamides is 1. The predicted molar refractivity (Wildman–Crippen MR) is 101 cm³/mol. The maximum absolute atomic E-state index is 12.4. The molecule has 7 heteroatoms. The van der Waals surface area contributed by atoms with Crippen LogP contribution in [0.2, 0.25) is 0 Å². The molecule has 0 fully saturated rings. The summed E-state index contributed by atoms with van der Waals surface area (Å²) < 4.78 is 27.5. The van der Waals surface area contributed by atoms with Crippen LogP contribution in [-0.4, -0.2) is 26.9 Å². The highest BCUT2D eigenvalue weighted by Crippen LogP contribution is 2.17. The molecule has 1 atom stereocenters. The summed E-state index contributed by atoms with van der Waals surface area (Å²) in [4.78, 5) is 12.4. The molecule has 0 aliphatic rings. The van der Waals surface area contributed by atoms with Crippen LogP contribution < -0.4 is 10.0 Å². The fourth-order valence-electron chi connectivity index (χ4n) is 2.33. The summed E-state index contributed by atoms with van der Waals surface area (Å²) in [7, 11) is -3.68. The van der Waals surface area contributed by atoms with Gasteiger partial charge < -0.3 is 5.32 Å². The maximum Gasteiger partial charge on any atom is 0.250 e. The molecule has 1 amide bonds. The highest BCUT2D eigenvalue weighted by atomic mass is 32.2. The molecule has 2 rings (SSSR count). The number of amides is 1. The third kappa shape index (κ3) is 5.66. The molecular formula is C18H24N2O3S2. The molecule has 2 aromatic rings. The summed E-state index contributed by atoms with van der Waals surface area (Å²) in [5.74, 6) is -0.462. The molecule has 0 radical (unpaired) electrons. The van der Waals surface area contributed by atoms with E-state index >= 15 is 0 Å². The minimum absolute atomic E-state index is 0.158. The van der Waals surface area contributed by atoms with Crippen molar-refractivity contribution in [3.05, 3.63) is 52.9 Å². The molecule has 0 spiro atoms. The van der Waals surface area contributed by atoms with Crippen LogP contribution in [0.5, 0.6) is 0 Å². The first kappa shape index (κ1) is 19.6. The van der Waals surface area contributed by atoms with Crippen LogP contribution in [0.3, 0.4) is 0 Å². The first-order valence-electron chi connectivity index (χ1n) is 8.18. The Bertz CT molecular complexity index is 782. The number of thiophene rings is 1. The van der Waals surface area contributed by atoms with Gasteiger partial charge in [0.1, 0.15) is 10.3 Å². The average molecular weight is 381 g/mol. The van der Waals surface area contributed by atoms with Crippen molar-refractivity contribution in [2.75, 3.05) is 6.54 Å². The van der Waals surface area contributed by atoms with Crippen LogP contribution in [0.4, 0.5) is 0 Å². The molecule has 0 saturated carbocycles. The fourth-order valence-corrected chi connectivity index (χ4v) is 4.68. The number of carbonyl (C=O) groups excluding carboxylic acids is 1. The van der Waals surface area contributed by atoms with E-state index in [4.69, 9.17) is 0 Å². The molecule has 0 unspecified atom stereocenters. The van der Waals surface area contributed by atoms with Crippen LogP contribution in [0.1, 0.15) is 25.0 Å². The number of benzene rings is 1. The van der Waals surface area contributed by atoms with Gasteiger partial charge in [-0.25, -0.2) is 8.42 Å². The van der Waals surface area contributed by atoms with Crippen molar-refractivity contribution in [1.29, 1.82) is 0 Å². The van der Waals surface area contributed by atoms with E-state index in [1.54, 1.807) is 11.4 Å². The van der Waals surface area contributed by atoms with Crippen LogP contribution in [0.15, 0.2) is 46.0 Å². The number of aryl methyl sites for hydroxylation is 1. The van der Waals surface area contributed by atoms with Gasteiger partial charge in [0.15, 0.2) is 0 Å². The van der Waals surface area contributed by atoms with Gasteiger partial charge in [0.05, 0.1) is 0 Å². The first-order valence-corrected chi connectivity index (χ1v) is 10.5. The topological polar surface area (TPSA) is 75.3 Å². The standard InChI is InChI=1S/C18H24N2O3S2/c1-13(2)17(20-25(22,23)16-5-4-12-24-16)18(21)19-11-10-15-8-6-14(3)7-9-15/h4-9,12-13,17,20H,10-11H2,1-3H3,(H,19,21)/t17-/m0/s1. The molecule has 136 valence electrons. The van der Waals surface area contributed by atoms with E-state index in [0.717, 1.165) is 16.9 Å². The predicted octanol–water partition coefficient (Wildman–Crippen LogP) is 2.72. The molecule has 1 aromatic heterocycles. The second-order valence-electron chi connectivity index (χ2n) is 6.30. The van der Waals surface area contributed by atoms with E-state index in [-0.39, 0.29) is 16.0 Å². The number of nitrogens with one attached hydrogen (secondary N) is 2. The largest absolute Gasteiger partial charge is 0.354 e. The average Bonchev–Trinajstić information content (AvgIpc) is 3.09. The highest BCUT2D eigenvalue weighted by molar-refractivity contribution is 7.91. The Kier molecular flexibility index (Phi) is 6.75. The van der Waals surface area contributed by atoms with Crippen LogP contribution in [0.25, 0.3) is 0 Å². The Labute approximate surface area is 153 Å². The Balaban J connectivity index is 1.95. The van der Waals surface area contributed by atoms with E-state index in [1.807, 2.05) is 45.0 Å². The SMILES string of the molecule is Cc1ccc(CCNC(=O)[C@@H](NS(=O)(=O)c2cccs2)C(C)C)cc1. The molecule has 0 aliphatic heterocycles. The monoisotopic (exact) mass is 380 g/mol. The maximum atomic E-state index is 12.4. The van der Waals surface area contributed by atoms with Gasteiger partial charge in [0.2, 0.25) is 5.91 Å². The zero-order valence-electron chi connectivity index (χ0n) is 14.7. The molecule has 0 bridgehead atoms. The highest BCUT2D eigenvalue weighted by Gasteiger charge is 2.28. The second-order valence-corrected chi connectivity index (χ2v) is 9.19. The summed E-state index contributed by atoms with van der Waals surface area (Å²) in [6, 6.07) is 10.5. The Hall–Kier alpha value is -1.70. The summed E-state index contributed by atoms with van der Waals surface area (Å²) in [6.45, 7) is 6.13. The van der Waals surface area contributed by atoms with Gasteiger partial charge in [-0.05, 0) is 36.3 Å². The van der Waals surface area contributed by atoms with Crippen molar-refractivity contribution >= 4 is 27.3 Å². The third-order valence-electron chi connectivity index (χ3n) is 3.82. The molecule has 25 heavy (non-hydrogen) atoms. The van der Waals surface area contributed by atoms with Crippen LogP contribution >= 0.6 is 11.3 Å². The normalized spacial score (nSPS) is 13.0. The van der Waals surface area contributed by atoms with Crippen LogP contribution in [-0.2, 0) is 21.2 Å². The number of hydrogen-bond acceptors (Lipinski definition) is 4. The van der Waals surface area contributed by atoms with Crippen LogP contribution in [0, 0.1) is 12.8 Å². The zero-order chi connectivity index (χ0) is 18.4. The summed E-state index contributed by atoms with van der Waals surface area (Å²) in [5.41, 5.74) is 2.32. The van der Waals surface area contributed by atoms with Crippen molar-refractivity contribution in [3.8, 4) is 0 Å². The first-order chi connectivity index (χ1) is 11.8. The van der Waals surface area contributed by atoms with Gasteiger partial charge in [0, 0.05) is 6.54 Å². The van der Waals surface area contributed by atoms with Crippen molar-refractivity contribution in [3.63, 3.8) is 0 Å². The fraction of sp³-hybridized carbons (Fsp3) is 0.389. The minimum atomic E-state index is -3.68. The molecule has 0 aliphatic carbocycles. The van der Waals surface area contributed by atoms with E-state index in [1.165, 1.54) is 11.6 Å². The smallest absolute Gasteiger partial charge is 0.250 e. The van der Waals surface area contributed by atoms with E-state index in [0.29, 0.717) is 13.0 Å². The Morgan fingerprint density at radius 3 is 2.40 bits per heavy atom. The van der Waals surface area contributed by atoms with Gasteiger partial charge in [0.25, 0.3) is 10.0 Å². The van der Waals surface area contributed by atoms with Crippen molar-refractivity contribution in [2.24, 2.45) is 5.92 Å². The van der Waals surface area contributed by atoms with Crippen molar-refractivity contribution in [2.45, 2.75) is 37.4 Å². The number of hydrogen-bond donors (Lipinski definition) is 2. The molecule has 1 heterocycles. The van der Waals surface area contributed by atoms with Gasteiger partial charge in [-0.3, -0.25) is 4.79 Å². The van der Waals surface area contributed by atoms with E-state index in [2.05, 4.69) is 10.0 Å². The lowest BCUT2D eigenvalue weighted by Crippen LogP contribution is -2.49. The summed E-state index contributed by atoms with van der Waals surface area (Å²) >= 11 is 1.13. The zero-order valence-corrected chi connectivity index (χ0v) is 16.3. The number of carbonyl (C=O) groups is 1. The summed E-state index contributed by atoms with van der Waals surface area (Å²) in [6.07, 6.45) is 0.703. The van der Waals surface area contributed by atoms with Gasteiger partial charge >= 0.3 is 0 Å². The molecule has 2 N–H and O–H groups in total. The number of rotatable bonds is 8. The van der Waals surface area contributed by atoms with Crippen molar-refractivity contribution < 1.29 is 13.2 Å². The minimum Gasteiger partial charge on any atom is -0.354 e. The molecule has 1 aromatic carbocycles. The van der Waals surface area contributed by atoms with Crippen molar-refractivity contribution in [1.82, 2.24) is 10.0 Å². The Morgan fingerprint density at radius 1 is 1.16 bits per heavy atom. The third-order valence-corrected chi connectivity index (χ3v) is 6.66. The lowest BCUT2D eigenvalue weighted by molar-refractivity contribution is -0.123. The summed E-state index contributed by atoms with van der Waals surface area (Å²) in [5, 5.41) is 4.53. The van der Waals surface area contributed by atoms with E-state index in [9.17, 15) is 13.2 Å². The van der Waals surface area contributed by atoms with Gasteiger partial charge in [-0.15, -0.1) is 11.3 Å². The second kappa shape index (κ2) is 8.60. The van der Waals surface area contributed by atoms with Gasteiger partial charge in [-0.2, -0.15) is 4.72 Å². The lowest BCUT2D eigenvalue weighted by Gasteiger charge is -2.21. The molecule has 5 nitrogen and oxygen atoms in total. The lowest BCUT2D eigenvalue weighted by atomic mass is 10.0. The quantitative estimate of drug-likeness (QED) is 0.739. The molecule has 0 saturated heterocycles. The molecular weight excluding hydrogens is 356 g/mol. The van der Waals surface area contributed by atoms with E-state index < -0.39 is 16.1 Å². The Morgan fingerprint density at radius 2 is 1.84 bits per heavy atom.